The summed E-state index contributed by atoms with van der Waals surface area (Å²) in [6.07, 6.45) is 1.63. The zero-order valence-electron chi connectivity index (χ0n) is 18.6. The standard InChI is InChI=1S/C26H30N2O2/c1-25(2,3)21-13-17(14-22(23(21)29)26(4,5)6)16-27-28-24(30)20-12-11-18-9-7-8-10-19(18)15-20/h7-16,29H,1-6H3,(H,28,30)/b27-16-. The fraction of sp³-hybridized carbons (Fsp3) is 0.308. The molecule has 0 fully saturated rings. The van der Waals surface area contributed by atoms with Gasteiger partial charge in [-0.25, -0.2) is 5.43 Å². The summed E-state index contributed by atoms with van der Waals surface area (Å²) < 4.78 is 0. The topological polar surface area (TPSA) is 61.7 Å². The first-order valence-electron chi connectivity index (χ1n) is 10.2. The molecule has 0 unspecified atom stereocenters. The van der Waals surface area contributed by atoms with E-state index in [9.17, 15) is 9.90 Å². The number of aromatic hydroxyl groups is 1. The summed E-state index contributed by atoms with van der Waals surface area (Å²) in [6, 6.07) is 17.4. The number of carbonyl (C=O) groups is 1. The maximum atomic E-state index is 12.5. The van der Waals surface area contributed by atoms with E-state index >= 15 is 0 Å². The molecule has 0 saturated carbocycles. The van der Waals surface area contributed by atoms with E-state index in [0.29, 0.717) is 11.3 Å². The normalized spacial score (nSPS) is 12.5. The van der Waals surface area contributed by atoms with Gasteiger partial charge in [-0.05, 0) is 51.4 Å². The molecule has 0 spiro atoms. The number of hydrogen-bond donors (Lipinski definition) is 2. The number of fused-ring (bicyclic) bond motifs is 1. The Bertz CT molecular complexity index is 1080. The van der Waals surface area contributed by atoms with Crippen molar-refractivity contribution in [1.29, 1.82) is 0 Å². The Morgan fingerprint density at radius 1 is 0.867 bits per heavy atom. The van der Waals surface area contributed by atoms with Crippen molar-refractivity contribution in [3.8, 4) is 5.75 Å². The summed E-state index contributed by atoms with van der Waals surface area (Å²) in [5, 5.41) is 17.1. The van der Waals surface area contributed by atoms with E-state index in [0.717, 1.165) is 27.5 Å². The number of hydrazone groups is 1. The number of benzene rings is 3. The van der Waals surface area contributed by atoms with Crippen molar-refractivity contribution < 1.29 is 9.90 Å². The minimum atomic E-state index is -0.261. The quantitative estimate of drug-likeness (QED) is 0.423. The van der Waals surface area contributed by atoms with Crippen LogP contribution in [0.1, 0.15) is 68.6 Å². The fourth-order valence-corrected chi connectivity index (χ4v) is 3.44. The third kappa shape index (κ3) is 4.70. The average molecular weight is 403 g/mol. The van der Waals surface area contributed by atoms with Crippen LogP contribution in [0.5, 0.6) is 5.75 Å². The van der Waals surface area contributed by atoms with E-state index in [2.05, 4.69) is 52.1 Å². The van der Waals surface area contributed by atoms with Gasteiger partial charge in [-0.1, -0.05) is 71.9 Å². The highest BCUT2D eigenvalue weighted by atomic mass is 16.3. The van der Waals surface area contributed by atoms with E-state index in [1.165, 1.54) is 0 Å². The largest absolute Gasteiger partial charge is 0.507 e. The van der Waals surface area contributed by atoms with Crippen LogP contribution in [-0.2, 0) is 10.8 Å². The maximum Gasteiger partial charge on any atom is 0.271 e. The second kappa shape index (κ2) is 7.94. The highest BCUT2D eigenvalue weighted by Crippen LogP contribution is 2.39. The lowest BCUT2D eigenvalue weighted by molar-refractivity contribution is 0.0955. The van der Waals surface area contributed by atoms with Crippen LogP contribution in [0.3, 0.4) is 0 Å². The summed E-state index contributed by atoms with van der Waals surface area (Å²) in [6.45, 7) is 12.4. The van der Waals surface area contributed by atoms with Crippen molar-refractivity contribution in [2.75, 3.05) is 0 Å². The Balaban J connectivity index is 1.86. The van der Waals surface area contributed by atoms with Gasteiger partial charge >= 0.3 is 0 Å². The highest BCUT2D eigenvalue weighted by molar-refractivity contribution is 5.99. The number of amides is 1. The van der Waals surface area contributed by atoms with Crippen molar-refractivity contribution in [3.63, 3.8) is 0 Å². The summed E-state index contributed by atoms with van der Waals surface area (Å²) in [5.41, 5.74) is 5.28. The van der Waals surface area contributed by atoms with E-state index < -0.39 is 0 Å². The van der Waals surface area contributed by atoms with Crippen LogP contribution in [-0.4, -0.2) is 17.2 Å². The Hall–Kier alpha value is -3.14. The van der Waals surface area contributed by atoms with Crippen LogP contribution in [0.4, 0.5) is 0 Å². The minimum absolute atomic E-state index is 0.220. The lowest BCUT2D eigenvalue weighted by Crippen LogP contribution is -2.19. The molecule has 3 aromatic rings. The van der Waals surface area contributed by atoms with Gasteiger partial charge in [-0.3, -0.25) is 4.79 Å². The first-order chi connectivity index (χ1) is 14.0. The van der Waals surface area contributed by atoms with Gasteiger partial charge in [0.05, 0.1) is 6.21 Å². The van der Waals surface area contributed by atoms with Gasteiger partial charge in [0.2, 0.25) is 0 Å². The number of hydrogen-bond acceptors (Lipinski definition) is 3. The van der Waals surface area contributed by atoms with Gasteiger partial charge in [-0.15, -0.1) is 0 Å². The molecule has 0 atom stereocenters. The Morgan fingerprint density at radius 2 is 1.43 bits per heavy atom. The fourth-order valence-electron chi connectivity index (χ4n) is 3.44. The minimum Gasteiger partial charge on any atom is -0.507 e. The van der Waals surface area contributed by atoms with Crippen LogP contribution >= 0.6 is 0 Å². The molecule has 0 saturated heterocycles. The zero-order chi connectivity index (χ0) is 22.1. The molecule has 3 rings (SSSR count). The van der Waals surface area contributed by atoms with Gasteiger partial charge < -0.3 is 5.11 Å². The molecule has 0 aliphatic heterocycles. The van der Waals surface area contributed by atoms with Crippen molar-refractivity contribution in [1.82, 2.24) is 5.43 Å². The van der Waals surface area contributed by atoms with Crippen molar-refractivity contribution in [3.05, 3.63) is 76.9 Å². The van der Waals surface area contributed by atoms with Crippen molar-refractivity contribution >= 4 is 22.9 Å². The van der Waals surface area contributed by atoms with Gasteiger partial charge in [0, 0.05) is 16.7 Å². The van der Waals surface area contributed by atoms with Gasteiger partial charge in [0.25, 0.3) is 5.91 Å². The van der Waals surface area contributed by atoms with E-state index in [1.807, 2.05) is 48.5 Å². The number of phenolic OH excluding ortho intramolecular Hbond substituents is 1. The molecule has 0 aliphatic carbocycles. The van der Waals surface area contributed by atoms with Crippen LogP contribution in [0.15, 0.2) is 59.7 Å². The molecule has 1 amide bonds. The summed E-state index contributed by atoms with van der Waals surface area (Å²) in [4.78, 5) is 12.5. The number of nitrogens with zero attached hydrogens (tertiary/aromatic N) is 1. The highest BCUT2D eigenvalue weighted by Gasteiger charge is 2.26. The molecule has 3 aromatic carbocycles. The second-order valence-electron chi connectivity index (χ2n) is 9.73. The SMILES string of the molecule is CC(C)(C)c1cc(/C=N\NC(=O)c2ccc3ccccc3c2)cc(C(C)(C)C)c1O. The smallest absolute Gasteiger partial charge is 0.271 e. The molecule has 0 bridgehead atoms. The van der Waals surface area contributed by atoms with Crippen molar-refractivity contribution in [2.24, 2.45) is 5.10 Å². The van der Waals surface area contributed by atoms with Crippen molar-refractivity contribution in [2.45, 2.75) is 52.4 Å². The van der Waals surface area contributed by atoms with E-state index in [-0.39, 0.29) is 16.7 Å². The molecule has 4 nitrogen and oxygen atoms in total. The molecule has 156 valence electrons. The third-order valence-corrected chi connectivity index (χ3v) is 5.14. The number of nitrogens with one attached hydrogen (secondary N) is 1. The van der Waals surface area contributed by atoms with Gasteiger partial charge in [-0.2, -0.15) is 5.10 Å². The monoisotopic (exact) mass is 402 g/mol. The number of carbonyl (C=O) groups excluding carboxylic acids is 1. The predicted molar refractivity (Wildman–Crippen MR) is 125 cm³/mol. The van der Waals surface area contributed by atoms with Crippen LogP contribution in [0, 0.1) is 0 Å². The molecule has 0 aliphatic rings. The first-order valence-corrected chi connectivity index (χ1v) is 10.2. The first kappa shape index (κ1) is 21.6. The Morgan fingerprint density at radius 3 is 2.00 bits per heavy atom. The lowest BCUT2D eigenvalue weighted by Gasteiger charge is -2.27. The molecule has 0 aromatic heterocycles. The molecule has 0 radical (unpaired) electrons. The van der Waals surface area contributed by atoms with Gasteiger partial charge in [0.15, 0.2) is 0 Å². The average Bonchev–Trinajstić information content (AvgIpc) is 2.66. The third-order valence-electron chi connectivity index (χ3n) is 5.14. The lowest BCUT2D eigenvalue weighted by atomic mass is 9.78. The number of phenols is 1. The van der Waals surface area contributed by atoms with Crippen LogP contribution < -0.4 is 5.43 Å². The molecular formula is C26H30N2O2. The molecular weight excluding hydrogens is 372 g/mol. The van der Waals surface area contributed by atoms with Gasteiger partial charge in [0.1, 0.15) is 5.75 Å². The molecule has 2 N–H and O–H groups in total. The molecule has 30 heavy (non-hydrogen) atoms. The summed E-state index contributed by atoms with van der Waals surface area (Å²) in [7, 11) is 0. The second-order valence-corrected chi connectivity index (χ2v) is 9.73. The summed E-state index contributed by atoms with van der Waals surface area (Å²) in [5.74, 6) is 0.0650. The molecule has 0 heterocycles. The number of rotatable bonds is 3. The Kier molecular flexibility index (Phi) is 5.71. The zero-order valence-corrected chi connectivity index (χ0v) is 18.6. The summed E-state index contributed by atoms with van der Waals surface area (Å²) >= 11 is 0. The maximum absolute atomic E-state index is 12.5. The Labute approximate surface area is 178 Å². The van der Waals surface area contributed by atoms with Crippen LogP contribution in [0.25, 0.3) is 10.8 Å². The van der Waals surface area contributed by atoms with Crippen LogP contribution in [0.2, 0.25) is 0 Å². The predicted octanol–water partition coefficient (Wildman–Crippen LogP) is 5.90. The van der Waals surface area contributed by atoms with E-state index in [4.69, 9.17) is 0 Å². The van der Waals surface area contributed by atoms with E-state index in [1.54, 1.807) is 12.3 Å². The molecule has 4 heteroatoms.